The van der Waals surface area contributed by atoms with Gasteiger partial charge in [-0.3, -0.25) is 5.43 Å². The molecule has 9 heteroatoms. The van der Waals surface area contributed by atoms with Crippen molar-refractivity contribution in [2.75, 3.05) is 18.5 Å². The zero-order valence-corrected chi connectivity index (χ0v) is 19.2. The van der Waals surface area contributed by atoms with Gasteiger partial charge in [-0.15, -0.1) is 0 Å². The topological polar surface area (TPSA) is 77.7 Å². The number of ether oxygens (including phenoxy) is 1. The molecular weight excluding hydrogens is 495 g/mol. The lowest BCUT2D eigenvalue weighted by Crippen LogP contribution is -2.42. The van der Waals surface area contributed by atoms with Crippen molar-refractivity contribution in [2.24, 2.45) is 16.9 Å². The summed E-state index contributed by atoms with van der Waals surface area (Å²) in [4.78, 5) is 13.8. The number of carbonyl (C=O) groups is 1. The minimum absolute atomic E-state index is 0.106. The third kappa shape index (κ3) is 6.45. The average Bonchev–Trinajstić information content (AvgIpc) is 2.59. The highest BCUT2D eigenvalue weighted by atomic mass is 79.9. The van der Waals surface area contributed by atoms with Gasteiger partial charge in [0.25, 0.3) is 0 Å². The molecule has 1 aromatic rings. The third-order valence-electron chi connectivity index (χ3n) is 4.27. The van der Waals surface area contributed by atoms with Crippen molar-refractivity contribution in [2.45, 2.75) is 39.2 Å². The van der Waals surface area contributed by atoms with E-state index < -0.39 is 5.60 Å². The van der Waals surface area contributed by atoms with Crippen LogP contribution in [-0.2, 0) is 4.74 Å². The van der Waals surface area contributed by atoms with Crippen molar-refractivity contribution < 1.29 is 13.9 Å². The van der Waals surface area contributed by atoms with E-state index in [1.54, 1.807) is 11.1 Å². The Morgan fingerprint density at radius 2 is 1.96 bits per heavy atom. The molecule has 1 N–H and O–H groups in total. The zero-order valence-electron chi connectivity index (χ0n) is 16.0. The van der Waals surface area contributed by atoms with Crippen LogP contribution in [0.1, 0.15) is 33.6 Å². The van der Waals surface area contributed by atoms with E-state index in [4.69, 9.17) is 4.74 Å². The van der Waals surface area contributed by atoms with Crippen molar-refractivity contribution >= 4 is 49.9 Å². The van der Waals surface area contributed by atoms with Crippen LogP contribution >= 0.6 is 31.9 Å². The lowest BCUT2D eigenvalue weighted by atomic mass is 9.86. The molecule has 0 spiro atoms. The van der Waals surface area contributed by atoms with Gasteiger partial charge in [-0.25, -0.2) is 9.18 Å². The maximum Gasteiger partial charge on any atom is 0.410 e. The Bertz CT molecular complexity index is 758. The summed E-state index contributed by atoms with van der Waals surface area (Å²) in [7, 11) is 0. The molecular formula is C19H23Br2FN4O2. The van der Waals surface area contributed by atoms with Crippen molar-refractivity contribution in [1.82, 2.24) is 4.90 Å². The average molecular weight is 518 g/mol. The van der Waals surface area contributed by atoms with Crippen molar-refractivity contribution in [1.29, 1.82) is 5.26 Å². The standard InChI is InChI=1S/C19H23Br2FN4O2/c1-19(2,3)28-18(27)26-6-4-12(5-7-26)13(10-23)11-24-25-17-15(20)8-14(22)9-16(17)21/h8-9,11-13,25H,4-7H2,1-3H3/b24-11-. The number of rotatable bonds is 4. The first-order chi connectivity index (χ1) is 13.1. The first-order valence-electron chi connectivity index (χ1n) is 8.92. The van der Waals surface area contributed by atoms with E-state index in [9.17, 15) is 14.4 Å². The predicted octanol–water partition coefficient (Wildman–Crippen LogP) is 5.54. The number of hydrogen-bond donors (Lipinski definition) is 1. The molecule has 0 saturated carbocycles. The summed E-state index contributed by atoms with van der Waals surface area (Å²) in [6.45, 7) is 6.61. The molecule has 1 amide bonds. The van der Waals surface area contributed by atoms with E-state index in [-0.39, 0.29) is 23.7 Å². The molecule has 1 heterocycles. The Balaban J connectivity index is 1.92. The number of nitriles is 1. The molecule has 1 saturated heterocycles. The smallest absolute Gasteiger partial charge is 0.410 e. The van der Waals surface area contributed by atoms with Crippen LogP contribution in [0.2, 0.25) is 0 Å². The van der Waals surface area contributed by atoms with Crippen LogP contribution in [0.4, 0.5) is 14.9 Å². The molecule has 1 atom stereocenters. The van der Waals surface area contributed by atoms with Gasteiger partial charge in [0.1, 0.15) is 11.4 Å². The molecule has 152 valence electrons. The molecule has 0 aliphatic carbocycles. The van der Waals surface area contributed by atoms with Crippen LogP contribution in [0.5, 0.6) is 0 Å². The number of amides is 1. The Morgan fingerprint density at radius 3 is 2.46 bits per heavy atom. The molecule has 1 aliphatic rings. The van der Waals surface area contributed by atoms with Gasteiger partial charge in [-0.1, -0.05) is 0 Å². The van der Waals surface area contributed by atoms with Crippen LogP contribution in [0.3, 0.4) is 0 Å². The number of piperidine rings is 1. The molecule has 1 fully saturated rings. The molecule has 0 radical (unpaired) electrons. The second-order valence-corrected chi connectivity index (χ2v) is 9.30. The number of hydrazone groups is 1. The van der Waals surface area contributed by atoms with Crippen LogP contribution in [0.15, 0.2) is 26.2 Å². The van der Waals surface area contributed by atoms with Crippen molar-refractivity contribution in [3.05, 3.63) is 26.9 Å². The highest BCUT2D eigenvalue weighted by Crippen LogP contribution is 2.32. The fourth-order valence-corrected chi connectivity index (χ4v) is 4.17. The zero-order chi connectivity index (χ0) is 20.9. The summed E-state index contributed by atoms with van der Waals surface area (Å²) >= 11 is 6.56. The SMILES string of the molecule is CC(C)(C)OC(=O)N1CCC(C(C#N)/C=N\Nc2c(Br)cc(F)cc2Br)CC1. The molecule has 0 bridgehead atoms. The van der Waals surface area contributed by atoms with E-state index in [2.05, 4.69) is 48.5 Å². The summed E-state index contributed by atoms with van der Waals surface area (Å²) in [5.74, 6) is -0.652. The largest absolute Gasteiger partial charge is 0.444 e. The first-order valence-corrected chi connectivity index (χ1v) is 10.5. The summed E-state index contributed by atoms with van der Waals surface area (Å²) in [5, 5.41) is 13.7. The number of anilines is 1. The van der Waals surface area contributed by atoms with Gasteiger partial charge >= 0.3 is 6.09 Å². The Morgan fingerprint density at radius 1 is 1.39 bits per heavy atom. The molecule has 1 unspecified atom stereocenters. The molecule has 28 heavy (non-hydrogen) atoms. The van der Waals surface area contributed by atoms with Crippen LogP contribution < -0.4 is 5.43 Å². The van der Waals surface area contributed by atoms with E-state index in [0.717, 1.165) is 0 Å². The Hall–Kier alpha value is -1.66. The Labute approximate surface area is 181 Å². The van der Waals surface area contributed by atoms with Crippen LogP contribution in [0, 0.1) is 29.0 Å². The number of likely N-dealkylation sites (tertiary alicyclic amines) is 1. The number of nitrogens with one attached hydrogen (secondary N) is 1. The van der Waals surface area contributed by atoms with Gasteiger partial charge in [-0.05, 0) is 83.5 Å². The van der Waals surface area contributed by atoms with Gasteiger partial charge in [0.15, 0.2) is 0 Å². The lowest BCUT2D eigenvalue weighted by molar-refractivity contribution is 0.0179. The lowest BCUT2D eigenvalue weighted by Gasteiger charge is -2.34. The highest BCUT2D eigenvalue weighted by molar-refractivity contribution is 9.11. The number of halogens is 3. The van der Waals surface area contributed by atoms with Gasteiger partial charge in [-0.2, -0.15) is 10.4 Å². The number of carbonyl (C=O) groups excluding carboxylic acids is 1. The number of nitrogens with zero attached hydrogens (tertiary/aromatic N) is 3. The maximum atomic E-state index is 13.3. The summed E-state index contributed by atoms with van der Waals surface area (Å²) in [6, 6.07) is 4.93. The van der Waals surface area contributed by atoms with E-state index in [1.165, 1.54) is 12.1 Å². The van der Waals surface area contributed by atoms with Crippen LogP contribution in [0.25, 0.3) is 0 Å². The molecule has 0 aromatic heterocycles. The Kier molecular flexibility index (Phi) is 7.84. The quantitative estimate of drug-likeness (QED) is 0.420. The normalized spacial score (nSPS) is 16.7. The molecule has 1 aromatic carbocycles. The summed E-state index contributed by atoms with van der Waals surface area (Å²) in [5.41, 5.74) is 2.89. The van der Waals surface area contributed by atoms with Gasteiger partial charge in [0.05, 0.1) is 17.7 Å². The second-order valence-electron chi connectivity index (χ2n) is 7.59. The monoisotopic (exact) mass is 516 g/mol. The van der Waals surface area contributed by atoms with Crippen molar-refractivity contribution in [3.8, 4) is 6.07 Å². The van der Waals surface area contributed by atoms with Crippen LogP contribution in [-0.4, -0.2) is 35.9 Å². The molecule has 2 rings (SSSR count). The third-order valence-corrected chi connectivity index (χ3v) is 5.52. The number of benzene rings is 1. The van der Waals surface area contributed by atoms with Gasteiger partial charge in [0.2, 0.25) is 0 Å². The maximum absolute atomic E-state index is 13.3. The minimum atomic E-state index is -0.523. The molecule has 6 nitrogen and oxygen atoms in total. The molecule has 1 aliphatic heterocycles. The fraction of sp³-hybridized carbons (Fsp3) is 0.526. The van der Waals surface area contributed by atoms with Gasteiger partial charge < -0.3 is 9.64 Å². The predicted molar refractivity (Wildman–Crippen MR) is 114 cm³/mol. The second kappa shape index (κ2) is 9.70. The van der Waals surface area contributed by atoms with E-state index in [0.29, 0.717) is 40.6 Å². The fourth-order valence-electron chi connectivity index (χ4n) is 2.86. The summed E-state index contributed by atoms with van der Waals surface area (Å²) < 4.78 is 19.8. The van der Waals surface area contributed by atoms with Crippen molar-refractivity contribution in [3.63, 3.8) is 0 Å². The summed E-state index contributed by atoms with van der Waals surface area (Å²) in [6.07, 6.45) is 2.65. The van der Waals surface area contributed by atoms with E-state index in [1.807, 2.05) is 20.8 Å². The van der Waals surface area contributed by atoms with Gasteiger partial charge in [0, 0.05) is 28.2 Å². The minimum Gasteiger partial charge on any atom is -0.444 e. The number of hydrogen-bond acceptors (Lipinski definition) is 5. The highest BCUT2D eigenvalue weighted by Gasteiger charge is 2.30. The first kappa shape index (κ1) is 22.6. The van der Waals surface area contributed by atoms with E-state index >= 15 is 0 Å².